The standard InChI is InChI=1S/C18H14O/c19-17-11-13-6-2-3-7-14(13)16-10-9-12-5-1-4-8-15(12)18(16)17/h1,3-5,7-10H,2,6,11H2. The van der Waals surface area contributed by atoms with Crippen LogP contribution in [0.1, 0.15) is 35.2 Å². The van der Waals surface area contributed by atoms with Crippen LogP contribution >= 0.6 is 0 Å². The van der Waals surface area contributed by atoms with Gasteiger partial charge in [-0.25, -0.2) is 0 Å². The van der Waals surface area contributed by atoms with Crippen LogP contribution in [0.2, 0.25) is 0 Å². The Morgan fingerprint density at radius 1 is 1.00 bits per heavy atom. The molecule has 0 fully saturated rings. The minimum Gasteiger partial charge on any atom is -0.294 e. The number of benzene rings is 2. The van der Waals surface area contributed by atoms with Gasteiger partial charge in [-0.05, 0) is 34.8 Å². The fraction of sp³-hybridized carbons (Fsp3) is 0.167. The Bertz CT molecular complexity index is 762. The molecule has 0 N–H and O–H groups in total. The molecule has 4 rings (SSSR count). The molecule has 2 aliphatic carbocycles. The summed E-state index contributed by atoms with van der Waals surface area (Å²) in [5.41, 5.74) is 4.64. The molecule has 0 amide bonds. The van der Waals surface area contributed by atoms with E-state index in [1.165, 1.54) is 11.1 Å². The van der Waals surface area contributed by atoms with E-state index < -0.39 is 0 Å². The largest absolute Gasteiger partial charge is 0.294 e. The topological polar surface area (TPSA) is 17.1 Å². The number of carbonyl (C=O) groups is 1. The van der Waals surface area contributed by atoms with Gasteiger partial charge in [0.1, 0.15) is 0 Å². The Hall–Kier alpha value is -2.15. The quantitative estimate of drug-likeness (QED) is 0.667. The molecule has 1 nitrogen and oxygen atoms in total. The van der Waals surface area contributed by atoms with Gasteiger partial charge in [-0.15, -0.1) is 0 Å². The molecule has 0 saturated carbocycles. The number of carbonyl (C=O) groups excluding carboxylic acids is 1. The number of rotatable bonds is 0. The number of allylic oxidation sites excluding steroid dienone is 4. The highest BCUT2D eigenvalue weighted by atomic mass is 16.1. The van der Waals surface area contributed by atoms with Gasteiger partial charge in [0.15, 0.2) is 5.78 Å². The first kappa shape index (κ1) is 10.7. The summed E-state index contributed by atoms with van der Waals surface area (Å²) in [7, 11) is 0. The van der Waals surface area contributed by atoms with E-state index in [4.69, 9.17) is 0 Å². The molecule has 0 heterocycles. The van der Waals surface area contributed by atoms with Gasteiger partial charge in [0.2, 0.25) is 0 Å². The fourth-order valence-electron chi connectivity index (χ4n) is 3.25. The second-order valence-electron chi connectivity index (χ2n) is 5.27. The number of Topliss-reactive ketones (excluding diaryl/α,β-unsaturated/α-hetero) is 1. The summed E-state index contributed by atoms with van der Waals surface area (Å²) in [6.07, 6.45) is 7.10. The van der Waals surface area contributed by atoms with Crippen LogP contribution in [0.3, 0.4) is 0 Å². The van der Waals surface area contributed by atoms with Crippen molar-refractivity contribution < 1.29 is 4.79 Å². The zero-order valence-electron chi connectivity index (χ0n) is 10.6. The molecule has 2 aromatic rings. The predicted molar refractivity (Wildman–Crippen MR) is 78.2 cm³/mol. The van der Waals surface area contributed by atoms with Crippen LogP contribution in [0, 0.1) is 0 Å². The fourth-order valence-corrected chi connectivity index (χ4v) is 3.25. The summed E-state index contributed by atoms with van der Waals surface area (Å²) in [5.74, 6) is 0.279. The first-order valence-electron chi connectivity index (χ1n) is 6.78. The molecule has 0 unspecified atom stereocenters. The average molecular weight is 246 g/mol. The second kappa shape index (κ2) is 3.92. The Labute approximate surface area is 112 Å². The van der Waals surface area contributed by atoms with E-state index in [1.807, 2.05) is 12.1 Å². The van der Waals surface area contributed by atoms with Crippen molar-refractivity contribution in [3.63, 3.8) is 0 Å². The molecule has 1 heteroatoms. The van der Waals surface area contributed by atoms with Crippen LogP contribution in [0.4, 0.5) is 0 Å². The Morgan fingerprint density at radius 3 is 2.84 bits per heavy atom. The van der Waals surface area contributed by atoms with Gasteiger partial charge < -0.3 is 0 Å². The van der Waals surface area contributed by atoms with Crippen LogP contribution in [-0.4, -0.2) is 5.78 Å². The molecule has 0 spiro atoms. The van der Waals surface area contributed by atoms with Gasteiger partial charge in [-0.3, -0.25) is 4.79 Å². The van der Waals surface area contributed by atoms with E-state index in [1.54, 1.807) is 0 Å². The molecule has 2 aliphatic rings. The summed E-state index contributed by atoms with van der Waals surface area (Å²) in [4.78, 5) is 12.5. The third-order valence-corrected chi connectivity index (χ3v) is 4.15. The lowest BCUT2D eigenvalue weighted by Crippen LogP contribution is -2.13. The molecule has 92 valence electrons. The lowest BCUT2D eigenvalue weighted by molar-refractivity contribution is 0.0992. The maximum absolute atomic E-state index is 12.5. The summed E-state index contributed by atoms with van der Waals surface area (Å²) < 4.78 is 0. The highest BCUT2D eigenvalue weighted by molar-refractivity contribution is 6.15. The van der Waals surface area contributed by atoms with E-state index in [2.05, 4.69) is 36.4 Å². The predicted octanol–water partition coefficient (Wildman–Crippen LogP) is 4.53. The van der Waals surface area contributed by atoms with Gasteiger partial charge in [0.05, 0.1) is 0 Å². The third-order valence-electron chi connectivity index (χ3n) is 4.15. The van der Waals surface area contributed by atoms with Crippen LogP contribution < -0.4 is 0 Å². The molecular formula is C18H14O. The maximum Gasteiger partial charge on any atom is 0.168 e. The van der Waals surface area contributed by atoms with E-state index in [0.29, 0.717) is 6.42 Å². The summed E-state index contributed by atoms with van der Waals surface area (Å²) in [5, 5.41) is 2.24. The van der Waals surface area contributed by atoms with Crippen molar-refractivity contribution in [3.8, 4) is 0 Å². The van der Waals surface area contributed by atoms with E-state index >= 15 is 0 Å². The molecule has 0 saturated heterocycles. The first-order chi connectivity index (χ1) is 9.34. The zero-order valence-corrected chi connectivity index (χ0v) is 10.6. The maximum atomic E-state index is 12.5. The molecule has 0 radical (unpaired) electrons. The number of ketones is 1. The van der Waals surface area contributed by atoms with Gasteiger partial charge in [0.25, 0.3) is 0 Å². The Balaban J connectivity index is 2.09. The van der Waals surface area contributed by atoms with Gasteiger partial charge in [-0.2, -0.15) is 0 Å². The van der Waals surface area contributed by atoms with Crippen molar-refractivity contribution in [2.75, 3.05) is 0 Å². The molecule has 0 aromatic heterocycles. The third kappa shape index (κ3) is 1.51. The van der Waals surface area contributed by atoms with Gasteiger partial charge in [0, 0.05) is 12.0 Å². The normalized spacial score (nSPS) is 17.6. The van der Waals surface area contributed by atoms with Crippen LogP contribution in [0.15, 0.2) is 54.1 Å². The molecule has 0 atom stereocenters. The molecular weight excluding hydrogens is 232 g/mol. The SMILES string of the molecule is O=C1CC2=C(C=CCC2)c2ccc3ccccc3c21. The van der Waals surface area contributed by atoms with Gasteiger partial charge in [-0.1, -0.05) is 54.1 Å². The van der Waals surface area contributed by atoms with Crippen molar-refractivity contribution in [3.05, 3.63) is 65.3 Å². The first-order valence-corrected chi connectivity index (χ1v) is 6.78. The van der Waals surface area contributed by atoms with E-state index in [-0.39, 0.29) is 5.78 Å². The second-order valence-corrected chi connectivity index (χ2v) is 5.27. The summed E-state index contributed by atoms with van der Waals surface area (Å²) in [6, 6.07) is 12.4. The lowest BCUT2D eigenvalue weighted by atomic mass is 9.79. The number of fused-ring (bicyclic) bond motifs is 4. The lowest BCUT2D eigenvalue weighted by Gasteiger charge is -2.24. The monoisotopic (exact) mass is 246 g/mol. The minimum absolute atomic E-state index is 0.279. The van der Waals surface area contributed by atoms with Crippen LogP contribution in [-0.2, 0) is 0 Å². The molecule has 2 aromatic carbocycles. The highest BCUT2D eigenvalue weighted by Gasteiger charge is 2.26. The Kier molecular flexibility index (Phi) is 2.22. The highest BCUT2D eigenvalue weighted by Crippen LogP contribution is 2.39. The van der Waals surface area contributed by atoms with E-state index in [0.717, 1.165) is 34.7 Å². The van der Waals surface area contributed by atoms with Crippen molar-refractivity contribution in [2.24, 2.45) is 0 Å². The van der Waals surface area contributed by atoms with Crippen LogP contribution in [0.5, 0.6) is 0 Å². The molecule has 0 aliphatic heterocycles. The van der Waals surface area contributed by atoms with Crippen molar-refractivity contribution in [1.82, 2.24) is 0 Å². The van der Waals surface area contributed by atoms with Gasteiger partial charge >= 0.3 is 0 Å². The summed E-state index contributed by atoms with van der Waals surface area (Å²) >= 11 is 0. The van der Waals surface area contributed by atoms with Crippen molar-refractivity contribution in [1.29, 1.82) is 0 Å². The smallest absolute Gasteiger partial charge is 0.168 e. The zero-order chi connectivity index (χ0) is 12.8. The molecule has 19 heavy (non-hydrogen) atoms. The van der Waals surface area contributed by atoms with E-state index in [9.17, 15) is 4.79 Å². The Morgan fingerprint density at radius 2 is 1.89 bits per heavy atom. The van der Waals surface area contributed by atoms with Crippen LogP contribution in [0.25, 0.3) is 16.3 Å². The molecule has 0 bridgehead atoms. The summed E-state index contributed by atoms with van der Waals surface area (Å²) in [6.45, 7) is 0. The van der Waals surface area contributed by atoms with Crippen molar-refractivity contribution >= 4 is 22.1 Å². The van der Waals surface area contributed by atoms with Crippen molar-refractivity contribution in [2.45, 2.75) is 19.3 Å². The number of hydrogen-bond donors (Lipinski definition) is 0. The minimum atomic E-state index is 0.279. The average Bonchev–Trinajstić information content (AvgIpc) is 2.46. The number of hydrogen-bond acceptors (Lipinski definition) is 1.